The van der Waals surface area contributed by atoms with E-state index in [-0.39, 0.29) is 39.2 Å². The van der Waals surface area contributed by atoms with Gasteiger partial charge in [-0.2, -0.15) is 0 Å². The molecule has 0 bridgehead atoms. The van der Waals surface area contributed by atoms with Gasteiger partial charge in [-0.1, -0.05) is 11.6 Å². The lowest BCUT2D eigenvalue weighted by atomic mass is 10.2. The van der Waals surface area contributed by atoms with E-state index in [0.717, 1.165) is 6.08 Å². The Morgan fingerprint density at radius 2 is 1.59 bits per heavy atom. The molecule has 1 amide bonds. The van der Waals surface area contributed by atoms with Crippen molar-refractivity contribution in [1.82, 2.24) is 5.32 Å². The number of hydrogen-bond donors (Lipinski definition) is 2. The fourth-order valence-electron chi connectivity index (χ4n) is 3.69. The average Bonchev–Trinajstić information content (AvgIpc) is 3.43. The lowest BCUT2D eigenvalue weighted by molar-refractivity contribution is -0.117. The zero-order valence-corrected chi connectivity index (χ0v) is 22.2. The normalized spacial score (nSPS) is 18.0. The number of sulfonamides is 1. The molecule has 2 aromatic carbocycles. The number of nitrogens with one attached hydrogen (secondary N) is 1. The summed E-state index contributed by atoms with van der Waals surface area (Å²) in [6.45, 7) is 0. The second-order valence-corrected chi connectivity index (χ2v) is 14.5. The third-order valence-electron chi connectivity index (χ3n) is 5.57. The molecule has 1 saturated heterocycles. The summed E-state index contributed by atoms with van der Waals surface area (Å²) >= 11 is 5.87. The van der Waals surface area contributed by atoms with Gasteiger partial charge in [0.15, 0.2) is 9.84 Å². The Morgan fingerprint density at radius 1 is 0.973 bits per heavy atom. The van der Waals surface area contributed by atoms with Crippen molar-refractivity contribution in [2.24, 2.45) is 5.14 Å². The third-order valence-corrected chi connectivity index (χ3v) is 10.3. The minimum atomic E-state index is -4.36. The lowest BCUT2D eigenvalue weighted by Gasteiger charge is -2.14. The van der Waals surface area contributed by atoms with Crippen molar-refractivity contribution in [1.29, 1.82) is 0 Å². The summed E-state index contributed by atoms with van der Waals surface area (Å²) in [4.78, 5) is 12.2. The lowest BCUT2D eigenvalue weighted by Crippen LogP contribution is -2.38. The quantitative estimate of drug-likeness (QED) is 0.398. The van der Waals surface area contributed by atoms with Gasteiger partial charge in [-0.3, -0.25) is 4.79 Å². The molecule has 3 N–H and O–H groups in total. The smallest absolute Gasteiger partial charge is 0.263 e. The van der Waals surface area contributed by atoms with Gasteiger partial charge in [0, 0.05) is 22.7 Å². The van der Waals surface area contributed by atoms with Gasteiger partial charge in [0.05, 0.1) is 21.3 Å². The van der Waals surface area contributed by atoms with E-state index in [4.69, 9.17) is 21.2 Å². The van der Waals surface area contributed by atoms with Gasteiger partial charge < -0.3 is 9.73 Å². The number of furan rings is 1. The van der Waals surface area contributed by atoms with Crippen molar-refractivity contribution in [2.75, 3.05) is 11.5 Å². The van der Waals surface area contributed by atoms with Crippen LogP contribution in [0, 0.1) is 0 Å². The molecule has 1 aliphatic rings. The first-order valence-electron chi connectivity index (χ1n) is 10.7. The number of amides is 1. The maximum Gasteiger partial charge on any atom is 0.263 e. The topological polar surface area (TPSA) is 171 Å². The van der Waals surface area contributed by atoms with Gasteiger partial charge in [0.25, 0.3) is 5.91 Å². The number of carbonyl (C=O) groups is 1. The van der Waals surface area contributed by atoms with Crippen LogP contribution in [0.3, 0.4) is 0 Å². The van der Waals surface area contributed by atoms with E-state index in [2.05, 4.69) is 5.32 Å². The molecular formula is C23H21ClN2O8S3. The van der Waals surface area contributed by atoms with E-state index in [1.165, 1.54) is 60.7 Å². The molecule has 14 heteroatoms. The maximum absolute atomic E-state index is 13.4. The van der Waals surface area contributed by atoms with Gasteiger partial charge in [0.2, 0.25) is 19.9 Å². The average molecular weight is 585 g/mol. The van der Waals surface area contributed by atoms with Crippen molar-refractivity contribution in [2.45, 2.75) is 22.3 Å². The van der Waals surface area contributed by atoms with Gasteiger partial charge >= 0.3 is 0 Å². The Kier molecular flexibility index (Phi) is 7.36. The number of hydrogen-bond acceptors (Lipinski definition) is 8. The van der Waals surface area contributed by atoms with E-state index >= 15 is 0 Å². The minimum absolute atomic E-state index is 0.0206. The number of nitrogens with two attached hydrogens (primary N) is 1. The molecule has 1 aliphatic heterocycles. The summed E-state index contributed by atoms with van der Waals surface area (Å²) in [7, 11) is -11.6. The number of rotatable bonds is 7. The molecule has 2 heterocycles. The van der Waals surface area contributed by atoms with Gasteiger partial charge in [-0.15, -0.1) is 0 Å². The molecule has 0 aliphatic carbocycles. The van der Waals surface area contributed by atoms with Crippen molar-refractivity contribution < 1.29 is 34.5 Å². The summed E-state index contributed by atoms with van der Waals surface area (Å²) in [5.41, 5.74) is 0.481. The fraction of sp³-hybridized carbons (Fsp3) is 0.174. The summed E-state index contributed by atoms with van der Waals surface area (Å²) in [5.74, 6) is -1.07. The standard InChI is InChI=1S/C23H21ClN2O8S3/c24-16-3-8-19(9-4-16)36(30,31)22(23(27)26-17-11-12-35(28,29)14-17)13-18-5-10-21(34-18)15-1-6-20(7-2-15)37(25,32)33/h1-10,13,17H,11-12,14H2,(H,26,27)(H2,25,32,33). The Morgan fingerprint density at radius 3 is 2.16 bits per heavy atom. The Labute approximate surface area is 219 Å². The first-order chi connectivity index (χ1) is 17.2. The van der Waals surface area contributed by atoms with Crippen molar-refractivity contribution in [3.05, 3.63) is 76.4 Å². The highest BCUT2D eigenvalue weighted by atomic mass is 35.5. The van der Waals surface area contributed by atoms with Crippen LogP contribution in [0.25, 0.3) is 17.4 Å². The summed E-state index contributed by atoms with van der Waals surface area (Å²) < 4.78 is 79.0. The van der Waals surface area contributed by atoms with Crippen molar-refractivity contribution in [3.8, 4) is 11.3 Å². The summed E-state index contributed by atoms with van der Waals surface area (Å²) in [6, 6.07) is 13.0. The molecule has 3 aromatic rings. The second-order valence-electron chi connectivity index (χ2n) is 8.31. The molecular weight excluding hydrogens is 564 g/mol. The van der Waals surface area contributed by atoms with E-state index in [9.17, 15) is 30.0 Å². The Balaban J connectivity index is 1.70. The van der Waals surface area contributed by atoms with Crippen molar-refractivity contribution in [3.63, 3.8) is 0 Å². The summed E-state index contributed by atoms with van der Waals surface area (Å²) in [5, 5.41) is 7.91. The monoisotopic (exact) mass is 584 g/mol. The molecule has 1 atom stereocenters. The van der Waals surface area contributed by atoms with Crippen LogP contribution >= 0.6 is 11.6 Å². The van der Waals surface area contributed by atoms with Crippen LogP contribution in [0.1, 0.15) is 12.2 Å². The highest BCUT2D eigenvalue weighted by Crippen LogP contribution is 2.28. The van der Waals surface area contributed by atoms with Crippen LogP contribution in [-0.2, 0) is 34.5 Å². The number of halogens is 1. The van der Waals surface area contributed by atoms with Crippen LogP contribution in [0.2, 0.25) is 5.02 Å². The van der Waals surface area contributed by atoms with Crippen LogP contribution < -0.4 is 10.5 Å². The summed E-state index contributed by atoms with van der Waals surface area (Å²) in [6.07, 6.45) is 1.21. The predicted octanol–water partition coefficient (Wildman–Crippen LogP) is 2.37. The molecule has 37 heavy (non-hydrogen) atoms. The van der Waals surface area contributed by atoms with Gasteiger partial charge in [-0.05, 0) is 67.1 Å². The van der Waals surface area contributed by atoms with E-state index in [0.29, 0.717) is 10.6 Å². The molecule has 1 aromatic heterocycles. The first kappa shape index (κ1) is 27.1. The molecule has 1 fully saturated rings. The Bertz CT molecular complexity index is 1690. The molecule has 4 rings (SSSR count). The van der Waals surface area contributed by atoms with Crippen LogP contribution in [0.5, 0.6) is 0 Å². The molecule has 10 nitrogen and oxygen atoms in total. The third kappa shape index (κ3) is 6.30. The second kappa shape index (κ2) is 10.1. The molecule has 0 radical (unpaired) electrons. The number of carbonyl (C=O) groups excluding carboxylic acids is 1. The first-order valence-corrected chi connectivity index (χ1v) is 15.9. The minimum Gasteiger partial charge on any atom is -0.457 e. The zero-order chi connectivity index (χ0) is 27.0. The van der Waals surface area contributed by atoms with Gasteiger partial charge in [-0.25, -0.2) is 30.4 Å². The van der Waals surface area contributed by atoms with Crippen LogP contribution in [0.15, 0.2) is 79.8 Å². The Hall–Kier alpha value is -2.97. The highest BCUT2D eigenvalue weighted by molar-refractivity contribution is 7.96. The highest BCUT2D eigenvalue weighted by Gasteiger charge is 2.33. The van der Waals surface area contributed by atoms with Crippen LogP contribution in [0.4, 0.5) is 0 Å². The van der Waals surface area contributed by atoms with Gasteiger partial charge in [0.1, 0.15) is 16.4 Å². The SMILES string of the molecule is NS(=O)(=O)c1ccc(-c2ccc(C=C(C(=O)NC3CCS(=O)(=O)C3)S(=O)(=O)c3ccc(Cl)cc3)o2)cc1. The van der Waals surface area contributed by atoms with E-state index < -0.39 is 46.6 Å². The number of primary sulfonamides is 1. The van der Waals surface area contributed by atoms with E-state index in [1.54, 1.807) is 0 Å². The number of sulfone groups is 2. The molecule has 0 spiro atoms. The zero-order valence-electron chi connectivity index (χ0n) is 19.0. The number of benzene rings is 2. The predicted molar refractivity (Wildman–Crippen MR) is 137 cm³/mol. The van der Waals surface area contributed by atoms with E-state index in [1.807, 2.05) is 0 Å². The largest absolute Gasteiger partial charge is 0.457 e. The van der Waals surface area contributed by atoms with Crippen molar-refractivity contribution >= 4 is 53.3 Å². The van der Waals surface area contributed by atoms with Crippen LogP contribution in [-0.4, -0.2) is 48.7 Å². The molecule has 0 saturated carbocycles. The maximum atomic E-state index is 13.4. The fourth-order valence-corrected chi connectivity index (χ4v) is 7.33. The molecule has 196 valence electrons. The molecule has 1 unspecified atom stereocenters.